The third-order valence-corrected chi connectivity index (χ3v) is 3.39. The monoisotopic (exact) mass is 289 g/mol. The second kappa shape index (κ2) is 4.64. The van der Waals surface area contributed by atoms with E-state index in [0.717, 1.165) is 10.0 Å². The maximum absolute atomic E-state index is 11.3. The van der Waals surface area contributed by atoms with Crippen molar-refractivity contribution in [2.24, 2.45) is 0 Å². The van der Waals surface area contributed by atoms with Crippen LogP contribution < -0.4 is 5.32 Å². The van der Waals surface area contributed by atoms with Crippen LogP contribution in [-0.4, -0.2) is 12.3 Å². The second-order valence-corrected chi connectivity index (χ2v) is 4.74. The van der Waals surface area contributed by atoms with E-state index in [-0.39, 0.29) is 23.7 Å². The smallest absolute Gasteiger partial charge is 0.148 e. The summed E-state index contributed by atoms with van der Waals surface area (Å²) in [5.74, 6) is 0.281. The van der Waals surface area contributed by atoms with Gasteiger partial charge in [-0.05, 0) is 18.6 Å². The Bertz CT molecular complexity index is 383. The first-order chi connectivity index (χ1) is 6.62. The average molecular weight is 291 g/mol. The van der Waals surface area contributed by atoms with Crippen LogP contribution in [0.2, 0.25) is 0 Å². The maximum Gasteiger partial charge on any atom is 0.148 e. The molecule has 1 unspecified atom stereocenters. The molecule has 0 bridgehead atoms. The summed E-state index contributed by atoms with van der Waals surface area (Å²) in [6.07, 6.45) is 0.579. The molecule has 1 aromatic carbocycles. The Kier molecular flexibility index (Phi) is 3.93. The molecule has 1 aromatic rings. The summed E-state index contributed by atoms with van der Waals surface area (Å²) in [5.41, 5.74) is 0.961. The predicted octanol–water partition coefficient (Wildman–Crippen LogP) is 2.65. The number of ketones is 1. The molecule has 15 heavy (non-hydrogen) atoms. The summed E-state index contributed by atoms with van der Waals surface area (Å²) in [7, 11) is 0. The van der Waals surface area contributed by atoms with E-state index >= 15 is 0 Å². The highest BCUT2D eigenvalue weighted by molar-refractivity contribution is 9.10. The summed E-state index contributed by atoms with van der Waals surface area (Å²) in [6.45, 7) is 2.55. The van der Waals surface area contributed by atoms with Gasteiger partial charge in [-0.2, -0.15) is 0 Å². The summed E-state index contributed by atoms with van der Waals surface area (Å²) in [4.78, 5) is 11.3. The molecule has 1 aliphatic rings. The van der Waals surface area contributed by atoms with Crippen LogP contribution in [0.3, 0.4) is 0 Å². The first kappa shape index (κ1) is 12.7. The lowest BCUT2D eigenvalue weighted by molar-refractivity contribution is -0.116. The number of carbonyl (C=O) groups is 1. The molecule has 82 valence electrons. The van der Waals surface area contributed by atoms with Crippen LogP contribution in [0.15, 0.2) is 28.7 Å². The SMILES string of the molecule is CC1(c2ccccc2Br)CC(=O)CN1.Cl. The van der Waals surface area contributed by atoms with Gasteiger partial charge >= 0.3 is 0 Å². The highest BCUT2D eigenvalue weighted by atomic mass is 79.9. The zero-order valence-corrected chi connectivity index (χ0v) is 10.8. The Balaban J connectivity index is 0.00000112. The lowest BCUT2D eigenvalue weighted by atomic mass is 9.90. The molecule has 0 aromatic heterocycles. The molecule has 1 aliphatic heterocycles. The van der Waals surface area contributed by atoms with Crippen LogP contribution in [-0.2, 0) is 10.3 Å². The molecule has 1 heterocycles. The van der Waals surface area contributed by atoms with Gasteiger partial charge in [-0.3, -0.25) is 4.79 Å². The molecule has 1 fully saturated rings. The van der Waals surface area contributed by atoms with Gasteiger partial charge in [0.1, 0.15) is 5.78 Å². The number of carbonyl (C=O) groups excluding carboxylic acids is 1. The molecule has 0 amide bonds. The fourth-order valence-corrected chi connectivity index (χ4v) is 2.63. The molecule has 0 radical (unpaired) electrons. The largest absolute Gasteiger partial charge is 0.300 e. The Morgan fingerprint density at radius 2 is 2.07 bits per heavy atom. The van der Waals surface area contributed by atoms with Gasteiger partial charge in [0, 0.05) is 16.4 Å². The fourth-order valence-electron chi connectivity index (χ4n) is 1.91. The van der Waals surface area contributed by atoms with Crippen molar-refractivity contribution in [1.29, 1.82) is 0 Å². The first-order valence-electron chi connectivity index (χ1n) is 4.63. The molecule has 2 rings (SSSR count). The standard InChI is InChI=1S/C11H12BrNO.ClH/c1-11(6-8(14)7-13-11)9-4-2-3-5-10(9)12;/h2-5,13H,6-7H2,1H3;1H. The number of benzene rings is 1. The topological polar surface area (TPSA) is 29.1 Å². The summed E-state index contributed by atoms with van der Waals surface area (Å²) < 4.78 is 1.06. The second-order valence-electron chi connectivity index (χ2n) is 3.88. The minimum absolute atomic E-state index is 0. The highest BCUT2D eigenvalue weighted by Gasteiger charge is 2.35. The van der Waals surface area contributed by atoms with E-state index in [2.05, 4.69) is 34.2 Å². The van der Waals surface area contributed by atoms with Crippen molar-refractivity contribution in [3.8, 4) is 0 Å². The molecular formula is C11H13BrClNO. The number of halogens is 2. The van der Waals surface area contributed by atoms with Gasteiger partial charge in [-0.15, -0.1) is 12.4 Å². The van der Waals surface area contributed by atoms with Gasteiger partial charge in [0.05, 0.1) is 6.54 Å². The van der Waals surface area contributed by atoms with Crippen molar-refractivity contribution in [2.75, 3.05) is 6.54 Å². The number of Topliss-reactive ketones (excluding diaryl/α,β-unsaturated/α-hetero) is 1. The van der Waals surface area contributed by atoms with Gasteiger partial charge < -0.3 is 5.32 Å². The minimum Gasteiger partial charge on any atom is -0.300 e. The number of nitrogens with one attached hydrogen (secondary N) is 1. The number of hydrogen-bond donors (Lipinski definition) is 1. The van der Waals surface area contributed by atoms with Gasteiger partial charge in [0.15, 0.2) is 0 Å². The molecule has 1 N–H and O–H groups in total. The molecule has 4 heteroatoms. The van der Waals surface area contributed by atoms with Crippen molar-refractivity contribution >= 4 is 34.1 Å². The third-order valence-electron chi connectivity index (χ3n) is 2.69. The molecule has 1 saturated heterocycles. The zero-order valence-electron chi connectivity index (χ0n) is 8.42. The molecule has 0 saturated carbocycles. The number of rotatable bonds is 1. The summed E-state index contributed by atoms with van der Waals surface area (Å²) in [5, 5.41) is 3.26. The normalized spacial score (nSPS) is 25.1. The van der Waals surface area contributed by atoms with Gasteiger partial charge in [-0.25, -0.2) is 0 Å². The van der Waals surface area contributed by atoms with Gasteiger partial charge in [-0.1, -0.05) is 34.1 Å². The fraction of sp³-hybridized carbons (Fsp3) is 0.364. The van der Waals surface area contributed by atoms with E-state index in [1.54, 1.807) is 0 Å². The minimum atomic E-state index is -0.197. The van der Waals surface area contributed by atoms with Gasteiger partial charge in [0.25, 0.3) is 0 Å². The molecular weight excluding hydrogens is 277 g/mol. The van der Waals surface area contributed by atoms with E-state index in [1.807, 2.05) is 18.2 Å². The molecule has 0 aliphatic carbocycles. The van der Waals surface area contributed by atoms with Crippen molar-refractivity contribution in [2.45, 2.75) is 18.9 Å². The van der Waals surface area contributed by atoms with Crippen LogP contribution in [0.4, 0.5) is 0 Å². The number of hydrogen-bond acceptors (Lipinski definition) is 2. The zero-order chi connectivity index (χ0) is 10.2. The average Bonchev–Trinajstić information content (AvgIpc) is 2.48. The summed E-state index contributed by atoms with van der Waals surface area (Å²) >= 11 is 3.51. The van der Waals surface area contributed by atoms with Crippen molar-refractivity contribution in [3.63, 3.8) is 0 Å². The van der Waals surface area contributed by atoms with Crippen molar-refractivity contribution in [3.05, 3.63) is 34.3 Å². The van der Waals surface area contributed by atoms with E-state index in [9.17, 15) is 4.79 Å². The quantitative estimate of drug-likeness (QED) is 0.861. The van der Waals surface area contributed by atoms with Crippen molar-refractivity contribution < 1.29 is 4.79 Å². The maximum atomic E-state index is 11.3. The highest BCUT2D eigenvalue weighted by Crippen LogP contribution is 2.33. The summed E-state index contributed by atoms with van der Waals surface area (Å²) in [6, 6.07) is 8.03. The van der Waals surface area contributed by atoms with Crippen LogP contribution in [0.1, 0.15) is 18.9 Å². The Morgan fingerprint density at radius 1 is 1.40 bits per heavy atom. The Morgan fingerprint density at radius 3 is 2.60 bits per heavy atom. The lowest BCUT2D eigenvalue weighted by Crippen LogP contribution is -2.33. The molecule has 2 nitrogen and oxygen atoms in total. The Hall–Kier alpha value is -0.380. The Labute approximate surface area is 104 Å². The van der Waals surface area contributed by atoms with Gasteiger partial charge in [0.2, 0.25) is 0 Å². The first-order valence-corrected chi connectivity index (χ1v) is 5.43. The van der Waals surface area contributed by atoms with Crippen LogP contribution in [0, 0.1) is 0 Å². The van der Waals surface area contributed by atoms with E-state index in [0.29, 0.717) is 13.0 Å². The predicted molar refractivity (Wildman–Crippen MR) is 66.4 cm³/mol. The molecule has 1 atom stereocenters. The third kappa shape index (κ3) is 2.41. The van der Waals surface area contributed by atoms with Crippen LogP contribution >= 0.6 is 28.3 Å². The lowest BCUT2D eigenvalue weighted by Gasteiger charge is -2.25. The van der Waals surface area contributed by atoms with Crippen molar-refractivity contribution in [1.82, 2.24) is 5.32 Å². The van der Waals surface area contributed by atoms with E-state index in [4.69, 9.17) is 0 Å². The molecule has 0 spiro atoms. The van der Waals surface area contributed by atoms with E-state index < -0.39 is 0 Å². The van der Waals surface area contributed by atoms with E-state index in [1.165, 1.54) is 0 Å². The van der Waals surface area contributed by atoms with Crippen LogP contribution in [0.5, 0.6) is 0 Å². The van der Waals surface area contributed by atoms with Crippen LogP contribution in [0.25, 0.3) is 0 Å².